The van der Waals surface area contributed by atoms with Crippen LogP contribution in [-0.4, -0.2) is 29.7 Å². The molecule has 0 fully saturated rings. The summed E-state index contributed by atoms with van der Waals surface area (Å²) in [5, 5.41) is 11.5. The lowest BCUT2D eigenvalue weighted by atomic mass is 10.2. The molecule has 0 saturated heterocycles. The summed E-state index contributed by atoms with van der Waals surface area (Å²) in [7, 11) is 1.87. The van der Waals surface area contributed by atoms with E-state index < -0.39 is 5.97 Å². The third kappa shape index (κ3) is 3.51. The molecule has 15 heavy (non-hydrogen) atoms. The Kier molecular flexibility index (Phi) is 4.08. The van der Waals surface area contributed by atoms with Gasteiger partial charge < -0.3 is 10.0 Å². The topological polar surface area (TPSA) is 53.4 Å². The molecule has 0 aliphatic carbocycles. The van der Waals surface area contributed by atoms with Gasteiger partial charge in [0.25, 0.3) is 0 Å². The average molecular weight is 228 g/mol. The third-order valence-electron chi connectivity index (χ3n) is 2.09. The van der Waals surface area contributed by atoms with Crippen molar-refractivity contribution in [3.8, 4) is 0 Å². The summed E-state index contributed by atoms with van der Waals surface area (Å²) < 4.78 is 0. The molecule has 0 amide bonds. The van der Waals surface area contributed by atoms with Crippen LogP contribution in [0, 0.1) is 0 Å². The summed E-state index contributed by atoms with van der Waals surface area (Å²) in [6.45, 7) is 4.69. The molecule has 1 aromatic rings. The molecule has 0 bridgehead atoms. The van der Waals surface area contributed by atoms with Gasteiger partial charge in [0.15, 0.2) is 5.13 Å². The predicted octanol–water partition coefficient (Wildman–Crippen LogP) is 2.18. The lowest BCUT2D eigenvalue weighted by Crippen LogP contribution is -2.20. The maximum absolute atomic E-state index is 10.4. The summed E-state index contributed by atoms with van der Waals surface area (Å²) in [6, 6.07) is 0. The first-order valence-electron chi connectivity index (χ1n) is 4.89. The molecule has 0 aliphatic heterocycles. The highest BCUT2D eigenvalue weighted by molar-refractivity contribution is 7.13. The minimum atomic E-state index is -0.775. The number of aliphatic carboxylic acids is 1. The van der Waals surface area contributed by atoms with E-state index in [0.29, 0.717) is 12.5 Å². The van der Waals surface area contributed by atoms with Crippen LogP contribution in [0.1, 0.15) is 31.9 Å². The second-order valence-electron chi connectivity index (χ2n) is 3.77. The van der Waals surface area contributed by atoms with Crippen molar-refractivity contribution in [3.63, 3.8) is 0 Å². The van der Waals surface area contributed by atoms with Crippen LogP contribution in [0.5, 0.6) is 0 Å². The molecule has 0 aliphatic rings. The van der Waals surface area contributed by atoms with Crippen LogP contribution in [0.4, 0.5) is 5.13 Å². The highest BCUT2D eigenvalue weighted by Gasteiger charge is 2.10. The second-order valence-corrected chi connectivity index (χ2v) is 4.61. The van der Waals surface area contributed by atoms with Gasteiger partial charge in [0, 0.05) is 19.0 Å². The molecular formula is C10H16N2O2S. The normalized spacial score (nSPS) is 10.7. The van der Waals surface area contributed by atoms with Crippen LogP contribution in [0.2, 0.25) is 0 Å². The predicted molar refractivity (Wildman–Crippen MR) is 61.7 cm³/mol. The Morgan fingerprint density at radius 3 is 2.80 bits per heavy atom. The minimum Gasteiger partial charge on any atom is -0.481 e. The van der Waals surface area contributed by atoms with E-state index in [9.17, 15) is 4.79 Å². The van der Waals surface area contributed by atoms with Crippen molar-refractivity contribution >= 4 is 22.4 Å². The third-order valence-corrected chi connectivity index (χ3v) is 3.06. The standard InChI is InChI=1S/C10H16N2O2S/c1-7(2)8-6-15-10(11-8)12(3)5-4-9(13)14/h6-7H,4-5H2,1-3H3,(H,13,14). The zero-order chi connectivity index (χ0) is 11.4. The molecule has 4 nitrogen and oxygen atoms in total. The molecule has 1 rings (SSSR count). The summed E-state index contributed by atoms with van der Waals surface area (Å²) in [6.07, 6.45) is 0.146. The Labute approximate surface area is 93.6 Å². The van der Waals surface area contributed by atoms with Gasteiger partial charge in [0.1, 0.15) is 0 Å². The fraction of sp³-hybridized carbons (Fsp3) is 0.600. The van der Waals surface area contributed by atoms with Crippen LogP contribution in [-0.2, 0) is 4.79 Å². The smallest absolute Gasteiger partial charge is 0.305 e. The van der Waals surface area contributed by atoms with Crippen LogP contribution < -0.4 is 4.90 Å². The van der Waals surface area contributed by atoms with Crippen molar-refractivity contribution in [1.82, 2.24) is 4.98 Å². The van der Waals surface area contributed by atoms with Gasteiger partial charge in [-0.3, -0.25) is 4.79 Å². The zero-order valence-electron chi connectivity index (χ0n) is 9.23. The molecule has 0 saturated carbocycles. The Balaban J connectivity index is 2.57. The lowest BCUT2D eigenvalue weighted by Gasteiger charge is -2.13. The number of thiazole rings is 1. The number of aromatic nitrogens is 1. The maximum Gasteiger partial charge on any atom is 0.305 e. The van der Waals surface area contributed by atoms with Crippen molar-refractivity contribution in [2.24, 2.45) is 0 Å². The van der Waals surface area contributed by atoms with Gasteiger partial charge in [0.05, 0.1) is 12.1 Å². The number of carboxylic acid groups (broad SMARTS) is 1. The lowest BCUT2D eigenvalue weighted by molar-refractivity contribution is -0.136. The quantitative estimate of drug-likeness (QED) is 0.839. The van der Waals surface area contributed by atoms with Gasteiger partial charge in [-0.2, -0.15) is 0 Å². The zero-order valence-corrected chi connectivity index (χ0v) is 10.0. The monoisotopic (exact) mass is 228 g/mol. The van der Waals surface area contributed by atoms with Crippen molar-refractivity contribution in [2.45, 2.75) is 26.2 Å². The molecular weight excluding hydrogens is 212 g/mol. The number of nitrogens with zero attached hydrogens (tertiary/aromatic N) is 2. The summed E-state index contributed by atoms with van der Waals surface area (Å²) in [4.78, 5) is 16.7. The van der Waals surface area contributed by atoms with E-state index in [0.717, 1.165) is 10.8 Å². The molecule has 5 heteroatoms. The van der Waals surface area contributed by atoms with Gasteiger partial charge >= 0.3 is 5.97 Å². The molecule has 1 N–H and O–H groups in total. The van der Waals surface area contributed by atoms with E-state index in [-0.39, 0.29) is 6.42 Å². The molecule has 1 aromatic heterocycles. The molecule has 0 radical (unpaired) electrons. The van der Waals surface area contributed by atoms with E-state index in [1.165, 1.54) is 0 Å². The van der Waals surface area contributed by atoms with Crippen molar-refractivity contribution < 1.29 is 9.90 Å². The molecule has 0 atom stereocenters. The number of rotatable bonds is 5. The summed E-state index contributed by atoms with van der Waals surface area (Å²) in [5.74, 6) is -0.356. The van der Waals surface area contributed by atoms with Crippen LogP contribution >= 0.6 is 11.3 Å². The Hall–Kier alpha value is -1.10. The van der Waals surface area contributed by atoms with E-state index in [4.69, 9.17) is 5.11 Å². The highest BCUT2D eigenvalue weighted by Crippen LogP contribution is 2.23. The van der Waals surface area contributed by atoms with E-state index >= 15 is 0 Å². The first-order valence-corrected chi connectivity index (χ1v) is 5.77. The van der Waals surface area contributed by atoms with Gasteiger partial charge in [-0.15, -0.1) is 11.3 Å². The van der Waals surface area contributed by atoms with Gasteiger partial charge in [-0.05, 0) is 5.92 Å². The van der Waals surface area contributed by atoms with E-state index in [1.807, 2.05) is 17.3 Å². The fourth-order valence-electron chi connectivity index (χ4n) is 1.08. The number of hydrogen-bond acceptors (Lipinski definition) is 4. The average Bonchev–Trinajstić information content (AvgIpc) is 2.62. The fourth-order valence-corrected chi connectivity index (χ4v) is 2.06. The molecule has 0 aromatic carbocycles. The largest absolute Gasteiger partial charge is 0.481 e. The van der Waals surface area contributed by atoms with Gasteiger partial charge in [0.2, 0.25) is 0 Å². The number of carbonyl (C=O) groups is 1. The molecule has 84 valence electrons. The Morgan fingerprint density at radius 2 is 2.33 bits per heavy atom. The number of anilines is 1. The van der Waals surface area contributed by atoms with Crippen molar-refractivity contribution in [3.05, 3.63) is 11.1 Å². The minimum absolute atomic E-state index is 0.146. The SMILES string of the molecule is CC(C)c1csc(N(C)CCC(=O)O)n1. The first kappa shape index (κ1) is 12.0. The summed E-state index contributed by atoms with van der Waals surface area (Å²) >= 11 is 1.56. The number of hydrogen-bond donors (Lipinski definition) is 1. The molecule has 0 unspecified atom stereocenters. The van der Waals surface area contributed by atoms with Crippen molar-refractivity contribution in [1.29, 1.82) is 0 Å². The van der Waals surface area contributed by atoms with Crippen LogP contribution in [0.15, 0.2) is 5.38 Å². The van der Waals surface area contributed by atoms with E-state index in [1.54, 1.807) is 11.3 Å². The van der Waals surface area contributed by atoms with E-state index in [2.05, 4.69) is 18.8 Å². The van der Waals surface area contributed by atoms with Crippen molar-refractivity contribution in [2.75, 3.05) is 18.5 Å². The Bertz CT molecular complexity index is 336. The highest BCUT2D eigenvalue weighted by atomic mass is 32.1. The molecule has 0 spiro atoms. The molecule has 1 heterocycles. The maximum atomic E-state index is 10.4. The number of carboxylic acids is 1. The van der Waals surface area contributed by atoms with Gasteiger partial charge in [-0.1, -0.05) is 13.8 Å². The Morgan fingerprint density at radius 1 is 1.67 bits per heavy atom. The summed E-state index contributed by atoms with van der Waals surface area (Å²) in [5.41, 5.74) is 1.07. The van der Waals surface area contributed by atoms with Crippen LogP contribution in [0.25, 0.3) is 0 Å². The first-order chi connectivity index (χ1) is 7.00. The van der Waals surface area contributed by atoms with Crippen LogP contribution in [0.3, 0.4) is 0 Å². The van der Waals surface area contributed by atoms with Gasteiger partial charge in [-0.25, -0.2) is 4.98 Å². The second kappa shape index (κ2) is 5.11.